The van der Waals surface area contributed by atoms with Crippen LogP contribution in [0.4, 0.5) is 13.2 Å². The molecule has 0 N–H and O–H groups in total. The van der Waals surface area contributed by atoms with Gasteiger partial charge in [0.05, 0.1) is 0 Å². The fourth-order valence-corrected chi connectivity index (χ4v) is 2.51. The van der Waals surface area contributed by atoms with Crippen LogP contribution in [0.25, 0.3) is 11.1 Å². The fourth-order valence-electron chi connectivity index (χ4n) is 2.38. The number of aromatic nitrogens is 1. The summed E-state index contributed by atoms with van der Waals surface area (Å²) >= 11 is 5.87. The molecular weight excluding hydrogens is 367 g/mol. The molecular formula is C19H19ClF3NO2. The van der Waals surface area contributed by atoms with Gasteiger partial charge in [-0.3, -0.25) is 4.79 Å². The Labute approximate surface area is 155 Å². The molecule has 0 aliphatic carbocycles. The Kier molecular flexibility index (Phi) is 7.03. The van der Waals surface area contributed by atoms with Crippen LogP contribution < -0.4 is 4.74 Å². The topological polar surface area (TPSA) is 39.2 Å². The van der Waals surface area contributed by atoms with Crippen LogP contribution in [0.1, 0.15) is 31.7 Å². The van der Waals surface area contributed by atoms with Gasteiger partial charge in [-0.05, 0) is 35.7 Å². The Morgan fingerprint density at radius 2 is 1.92 bits per heavy atom. The van der Waals surface area contributed by atoms with Gasteiger partial charge in [-0.1, -0.05) is 37.1 Å². The summed E-state index contributed by atoms with van der Waals surface area (Å²) in [5, 5.41) is 0.505. The van der Waals surface area contributed by atoms with Gasteiger partial charge < -0.3 is 4.74 Å². The molecule has 140 valence electrons. The molecule has 0 aliphatic heterocycles. The molecule has 2 rings (SSSR count). The van der Waals surface area contributed by atoms with Gasteiger partial charge in [-0.25, -0.2) is 4.98 Å². The fraction of sp³-hybridized carbons (Fsp3) is 0.368. The van der Waals surface area contributed by atoms with E-state index in [0.717, 1.165) is 12.8 Å². The first-order valence-electron chi connectivity index (χ1n) is 8.24. The van der Waals surface area contributed by atoms with Gasteiger partial charge in [0.15, 0.2) is 6.61 Å². The second-order valence-electron chi connectivity index (χ2n) is 5.93. The van der Waals surface area contributed by atoms with Crippen LogP contribution >= 0.6 is 11.6 Å². The van der Waals surface area contributed by atoms with E-state index in [9.17, 15) is 18.0 Å². The summed E-state index contributed by atoms with van der Waals surface area (Å²) in [4.78, 5) is 16.0. The highest BCUT2D eigenvalue weighted by molar-refractivity contribution is 6.30. The van der Waals surface area contributed by atoms with E-state index in [2.05, 4.69) is 4.98 Å². The van der Waals surface area contributed by atoms with E-state index in [1.807, 2.05) is 6.92 Å². The molecule has 0 saturated heterocycles. The highest BCUT2D eigenvalue weighted by Crippen LogP contribution is 2.31. The maximum absolute atomic E-state index is 12.5. The van der Waals surface area contributed by atoms with E-state index < -0.39 is 12.8 Å². The Morgan fingerprint density at radius 1 is 1.23 bits per heavy atom. The summed E-state index contributed by atoms with van der Waals surface area (Å²) in [6.45, 7) is 0.565. The highest BCUT2D eigenvalue weighted by atomic mass is 35.5. The van der Waals surface area contributed by atoms with Gasteiger partial charge in [0, 0.05) is 29.6 Å². The van der Waals surface area contributed by atoms with Crippen LogP contribution in [0.5, 0.6) is 5.88 Å². The summed E-state index contributed by atoms with van der Waals surface area (Å²) in [5.74, 6) is -0.0610. The third-order valence-corrected chi connectivity index (χ3v) is 3.90. The number of hydrogen-bond donors (Lipinski definition) is 0. The largest absolute Gasteiger partial charge is 0.468 e. The molecule has 0 fully saturated rings. The van der Waals surface area contributed by atoms with Crippen LogP contribution in [-0.2, 0) is 11.2 Å². The molecule has 3 nitrogen and oxygen atoms in total. The SMILES string of the molecule is CCCCC(=O)Cc1cnc(OCC(F)(F)F)c(-c2ccc(Cl)cc2)c1. The van der Waals surface area contributed by atoms with Crippen molar-refractivity contribution in [3.63, 3.8) is 0 Å². The molecule has 0 aliphatic rings. The van der Waals surface area contributed by atoms with Crippen molar-refractivity contribution < 1.29 is 22.7 Å². The Bertz CT molecular complexity index is 745. The Morgan fingerprint density at radius 3 is 2.54 bits per heavy atom. The monoisotopic (exact) mass is 385 g/mol. The number of hydrogen-bond acceptors (Lipinski definition) is 3. The van der Waals surface area contributed by atoms with Crippen molar-refractivity contribution in [2.24, 2.45) is 0 Å². The number of rotatable bonds is 8. The van der Waals surface area contributed by atoms with Crippen molar-refractivity contribution in [3.05, 3.63) is 47.1 Å². The molecule has 0 bridgehead atoms. The molecule has 0 atom stereocenters. The third-order valence-electron chi connectivity index (χ3n) is 3.65. The number of carbonyl (C=O) groups is 1. The maximum atomic E-state index is 12.5. The standard InChI is InChI=1S/C19H19ClF3NO2/c1-2-3-4-16(25)9-13-10-17(14-5-7-15(20)8-6-14)18(24-11-13)26-12-19(21,22)23/h5-8,10-11H,2-4,9,12H2,1H3. The second-order valence-corrected chi connectivity index (χ2v) is 6.36. The van der Waals surface area contributed by atoms with Gasteiger partial charge in [-0.15, -0.1) is 0 Å². The van der Waals surface area contributed by atoms with Crippen molar-refractivity contribution in [2.45, 2.75) is 38.8 Å². The van der Waals surface area contributed by atoms with E-state index in [1.54, 1.807) is 30.3 Å². The van der Waals surface area contributed by atoms with Gasteiger partial charge in [-0.2, -0.15) is 13.2 Å². The molecule has 0 saturated carbocycles. The van der Waals surface area contributed by atoms with Crippen molar-refractivity contribution in [3.8, 4) is 17.0 Å². The van der Waals surface area contributed by atoms with Crippen LogP contribution in [0.3, 0.4) is 0 Å². The highest BCUT2D eigenvalue weighted by Gasteiger charge is 2.29. The number of benzene rings is 1. The lowest BCUT2D eigenvalue weighted by Crippen LogP contribution is -2.20. The van der Waals surface area contributed by atoms with Crippen molar-refractivity contribution >= 4 is 17.4 Å². The van der Waals surface area contributed by atoms with Crippen LogP contribution in [0.15, 0.2) is 36.5 Å². The zero-order valence-electron chi connectivity index (χ0n) is 14.3. The lowest BCUT2D eigenvalue weighted by molar-refractivity contribution is -0.154. The quantitative estimate of drug-likeness (QED) is 0.589. The molecule has 1 aromatic carbocycles. The van der Waals surface area contributed by atoms with Gasteiger partial charge in [0.1, 0.15) is 5.78 Å². The lowest BCUT2D eigenvalue weighted by Gasteiger charge is -2.14. The Hall–Kier alpha value is -2.08. The number of nitrogens with zero attached hydrogens (tertiary/aromatic N) is 1. The maximum Gasteiger partial charge on any atom is 0.422 e. The number of Topliss-reactive ketones (excluding diaryl/α,β-unsaturated/α-hetero) is 1. The van der Waals surface area contributed by atoms with Crippen molar-refractivity contribution in [1.29, 1.82) is 0 Å². The minimum Gasteiger partial charge on any atom is -0.468 e. The second kappa shape index (κ2) is 9.03. The van der Waals surface area contributed by atoms with Crippen LogP contribution in [0.2, 0.25) is 5.02 Å². The number of ether oxygens (including phenoxy) is 1. The first kappa shape index (κ1) is 20.2. The predicted molar refractivity (Wildman–Crippen MR) is 94.5 cm³/mol. The average Bonchev–Trinajstić information content (AvgIpc) is 2.58. The molecule has 0 radical (unpaired) electrons. The zero-order chi connectivity index (χ0) is 19.2. The smallest absolute Gasteiger partial charge is 0.422 e. The molecule has 26 heavy (non-hydrogen) atoms. The van der Waals surface area contributed by atoms with E-state index in [-0.39, 0.29) is 18.1 Å². The molecule has 7 heteroatoms. The lowest BCUT2D eigenvalue weighted by atomic mass is 10.0. The number of alkyl halides is 3. The molecule has 0 amide bonds. The van der Waals surface area contributed by atoms with Crippen molar-refractivity contribution in [1.82, 2.24) is 4.98 Å². The van der Waals surface area contributed by atoms with Crippen LogP contribution in [0, 0.1) is 0 Å². The third kappa shape index (κ3) is 6.33. The van der Waals surface area contributed by atoms with E-state index in [0.29, 0.717) is 28.1 Å². The summed E-state index contributed by atoms with van der Waals surface area (Å²) in [7, 11) is 0. The van der Waals surface area contributed by atoms with Gasteiger partial charge in [0.25, 0.3) is 0 Å². The van der Waals surface area contributed by atoms with Crippen LogP contribution in [-0.4, -0.2) is 23.6 Å². The van der Waals surface area contributed by atoms with E-state index >= 15 is 0 Å². The molecule has 1 heterocycles. The molecule has 0 spiro atoms. The number of pyridine rings is 1. The average molecular weight is 386 g/mol. The minimum absolute atomic E-state index is 0.0691. The summed E-state index contributed by atoms with van der Waals surface area (Å²) in [6, 6.07) is 8.24. The molecule has 2 aromatic rings. The molecule has 1 aromatic heterocycles. The number of halogens is 4. The van der Waals surface area contributed by atoms with E-state index in [1.165, 1.54) is 6.20 Å². The number of carbonyl (C=O) groups excluding carboxylic acids is 1. The van der Waals surface area contributed by atoms with Crippen molar-refractivity contribution in [2.75, 3.05) is 6.61 Å². The number of ketones is 1. The normalized spacial score (nSPS) is 11.4. The van der Waals surface area contributed by atoms with E-state index in [4.69, 9.17) is 16.3 Å². The molecule has 0 unspecified atom stereocenters. The zero-order valence-corrected chi connectivity index (χ0v) is 15.0. The first-order chi connectivity index (χ1) is 12.3. The summed E-state index contributed by atoms with van der Waals surface area (Å²) in [5.41, 5.74) is 1.64. The summed E-state index contributed by atoms with van der Waals surface area (Å²) < 4.78 is 42.3. The predicted octanol–water partition coefficient (Wildman–Crippen LogP) is 5.64. The first-order valence-corrected chi connectivity index (χ1v) is 8.62. The summed E-state index contributed by atoms with van der Waals surface area (Å²) in [6.07, 6.45) is -0.692. The van der Waals surface area contributed by atoms with Gasteiger partial charge >= 0.3 is 6.18 Å². The number of unbranched alkanes of at least 4 members (excludes halogenated alkanes) is 1. The van der Waals surface area contributed by atoms with Gasteiger partial charge in [0.2, 0.25) is 5.88 Å². The minimum atomic E-state index is -4.46. The Balaban J connectivity index is 2.30.